The van der Waals surface area contributed by atoms with E-state index in [0.717, 1.165) is 21.1 Å². The Hall–Kier alpha value is -2.90. The number of benzene rings is 3. The molecule has 35 heavy (non-hydrogen) atoms. The van der Waals surface area contributed by atoms with Gasteiger partial charge in [-0.15, -0.1) is 23.5 Å². The van der Waals surface area contributed by atoms with Crippen LogP contribution in [-0.2, 0) is 20.9 Å². The summed E-state index contributed by atoms with van der Waals surface area (Å²) < 4.78 is 10.8. The summed E-state index contributed by atoms with van der Waals surface area (Å²) in [5, 5.41) is 0. The Balaban J connectivity index is 1.66. The first-order valence-corrected chi connectivity index (χ1v) is 13.3. The molecule has 1 aliphatic rings. The number of carbonyl (C=O) groups excluding carboxylic acids is 2. The number of β-lactam (4-membered cyclic amide) rings is 1. The third-order valence-corrected chi connectivity index (χ3v) is 8.62. The van der Waals surface area contributed by atoms with Crippen LogP contribution in [-0.4, -0.2) is 40.6 Å². The Morgan fingerprint density at radius 1 is 0.914 bits per heavy atom. The number of methoxy groups -OCH3 is 1. The van der Waals surface area contributed by atoms with Gasteiger partial charge in [-0.3, -0.25) is 9.59 Å². The van der Waals surface area contributed by atoms with E-state index in [9.17, 15) is 9.59 Å². The third-order valence-electron chi connectivity index (χ3n) is 5.94. The van der Waals surface area contributed by atoms with E-state index in [1.54, 1.807) is 30.6 Å². The minimum atomic E-state index is -0.507. The van der Waals surface area contributed by atoms with Crippen molar-refractivity contribution in [1.82, 2.24) is 4.90 Å². The molecule has 0 radical (unpaired) electrons. The number of esters is 1. The summed E-state index contributed by atoms with van der Waals surface area (Å²) in [7, 11) is 1.64. The Kier molecular flexibility index (Phi) is 8.42. The second-order valence-electron chi connectivity index (χ2n) is 8.38. The van der Waals surface area contributed by atoms with E-state index in [1.807, 2.05) is 72.5 Å². The smallest absolute Gasteiger partial charge is 0.302 e. The highest BCUT2D eigenvalue weighted by Gasteiger charge is 2.54. The summed E-state index contributed by atoms with van der Waals surface area (Å²) in [6, 6.07) is 28.1. The highest BCUT2D eigenvalue weighted by molar-refractivity contribution is 8.17. The molecule has 0 aliphatic carbocycles. The predicted octanol–water partition coefficient (Wildman–Crippen LogP) is 5.88. The van der Waals surface area contributed by atoms with Crippen LogP contribution in [0.2, 0.25) is 0 Å². The Bertz CT molecular complexity index is 1080. The van der Waals surface area contributed by atoms with Crippen LogP contribution in [0.15, 0.2) is 94.7 Å². The molecule has 182 valence electrons. The lowest BCUT2D eigenvalue weighted by Gasteiger charge is -2.51. The first-order chi connectivity index (χ1) is 17.0. The van der Waals surface area contributed by atoms with E-state index < -0.39 is 12.0 Å². The highest BCUT2D eigenvalue weighted by Crippen LogP contribution is 2.47. The molecule has 0 saturated carbocycles. The van der Waals surface area contributed by atoms with Crippen LogP contribution in [0.4, 0.5) is 0 Å². The van der Waals surface area contributed by atoms with Crippen molar-refractivity contribution in [3.8, 4) is 5.75 Å². The van der Waals surface area contributed by atoms with Gasteiger partial charge in [0, 0.05) is 23.3 Å². The van der Waals surface area contributed by atoms with E-state index in [0.29, 0.717) is 6.54 Å². The molecule has 1 amide bonds. The van der Waals surface area contributed by atoms with Crippen LogP contribution < -0.4 is 4.74 Å². The van der Waals surface area contributed by atoms with E-state index in [2.05, 4.69) is 24.3 Å². The van der Waals surface area contributed by atoms with Crippen molar-refractivity contribution in [3.05, 3.63) is 90.5 Å². The van der Waals surface area contributed by atoms with Crippen LogP contribution in [0, 0.1) is 5.92 Å². The number of hydrogen-bond donors (Lipinski definition) is 0. The Morgan fingerprint density at radius 3 is 1.94 bits per heavy atom. The lowest BCUT2D eigenvalue weighted by atomic mass is 9.83. The lowest BCUT2D eigenvalue weighted by molar-refractivity contribution is -0.171. The summed E-state index contributed by atoms with van der Waals surface area (Å²) in [6.07, 6.45) is -0.507. The number of amides is 1. The first-order valence-electron chi connectivity index (χ1n) is 11.5. The molecule has 0 unspecified atom stereocenters. The molecule has 0 N–H and O–H groups in total. The van der Waals surface area contributed by atoms with Gasteiger partial charge in [-0.1, -0.05) is 48.5 Å². The van der Waals surface area contributed by atoms with Gasteiger partial charge in [0.15, 0.2) is 0 Å². The SMILES string of the molecule is COc1ccc(CN2C(=O)[C@H]([C@H](C)OC(C)=O)[C@H]2C(Sc2ccccc2)Sc2ccccc2)cc1. The molecular formula is C28H29NO4S2. The molecule has 5 nitrogen and oxygen atoms in total. The normalized spacial score (nSPS) is 18.2. The second kappa shape index (κ2) is 11.7. The largest absolute Gasteiger partial charge is 0.497 e. The van der Waals surface area contributed by atoms with Gasteiger partial charge >= 0.3 is 5.97 Å². The van der Waals surface area contributed by atoms with Gasteiger partial charge in [-0.25, -0.2) is 0 Å². The number of rotatable bonds is 10. The zero-order chi connectivity index (χ0) is 24.8. The van der Waals surface area contributed by atoms with Gasteiger partial charge in [-0.2, -0.15) is 0 Å². The van der Waals surface area contributed by atoms with Gasteiger partial charge in [0.05, 0.1) is 23.7 Å². The standard InChI is InChI=1S/C28H29NO4S2/c1-19(33-20(2)30)25-26(29(27(25)31)18-21-14-16-22(32-3)17-15-21)28(34-23-10-6-4-7-11-23)35-24-12-8-5-9-13-24/h4-17,19,25-26,28H,18H2,1-3H3/t19-,25+,26-/m0/s1. The van der Waals surface area contributed by atoms with Gasteiger partial charge in [0.1, 0.15) is 11.9 Å². The number of nitrogens with zero attached hydrogens (tertiary/aromatic N) is 1. The summed E-state index contributed by atoms with van der Waals surface area (Å²) in [6.45, 7) is 3.69. The monoisotopic (exact) mass is 507 g/mol. The number of ether oxygens (including phenoxy) is 2. The maximum Gasteiger partial charge on any atom is 0.302 e. The van der Waals surface area contributed by atoms with Gasteiger partial charge in [0.25, 0.3) is 0 Å². The molecule has 0 aromatic heterocycles. The predicted molar refractivity (Wildman–Crippen MR) is 140 cm³/mol. The van der Waals surface area contributed by atoms with E-state index in [-0.39, 0.29) is 22.5 Å². The summed E-state index contributed by atoms with van der Waals surface area (Å²) in [4.78, 5) is 29.3. The third kappa shape index (κ3) is 6.21. The van der Waals surface area contributed by atoms with Crippen molar-refractivity contribution in [1.29, 1.82) is 0 Å². The fourth-order valence-corrected chi connectivity index (χ4v) is 7.20. The molecule has 0 bridgehead atoms. The molecule has 4 rings (SSSR count). The van der Waals surface area contributed by atoms with Crippen molar-refractivity contribution in [3.63, 3.8) is 0 Å². The van der Waals surface area contributed by atoms with Crippen molar-refractivity contribution in [2.45, 2.75) is 46.9 Å². The van der Waals surface area contributed by atoms with Gasteiger partial charge < -0.3 is 14.4 Å². The van der Waals surface area contributed by atoms with Crippen LogP contribution in [0.5, 0.6) is 5.75 Å². The quantitative estimate of drug-likeness (QED) is 0.148. The highest BCUT2D eigenvalue weighted by atomic mass is 32.2. The Labute approximate surface area is 215 Å². The summed E-state index contributed by atoms with van der Waals surface area (Å²) >= 11 is 3.48. The van der Waals surface area contributed by atoms with Gasteiger partial charge in [-0.05, 0) is 48.9 Å². The molecule has 3 atom stereocenters. The average Bonchev–Trinajstić information content (AvgIpc) is 2.86. The molecule has 3 aromatic rings. The van der Waals surface area contributed by atoms with E-state index in [4.69, 9.17) is 9.47 Å². The zero-order valence-corrected chi connectivity index (χ0v) is 21.6. The molecule has 1 aliphatic heterocycles. The van der Waals surface area contributed by atoms with Crippen molar-refractivity contribution >= 4 is 35.4 Å². The maximum absolute atomic E-state index is 13.4. The molecule has 7 heteroatoms. The fourth-order valence-electron chi connectivity index (χ4n) is 4.27. The van der Waals surface area contributed by atoms with Crippen molar-refractivity contribution < 1.29 is 19.1 Å². The number of likely N-dealkylation sites (tertiary alicyclic amines) is 1. The molecule has 1 fully saturated rings. The second-order valence-corrected chi connectivity index (χ2v) is 11.1. The number of thioether (sulfide) groups is 2. The Morgan fingerprint density at radius 2 is 1.46 bits per heavy atom. The molecular weight excluding hydrogens is 478 g/mol. The molecule has 1 saturated heterocycles. The first kappa shape index (κ1) is 25.2. The summed E-state index contributed by atoms with van der Waals surface area (Å²) in [5.41, 5.74) is 1.02. The zero-order valence-electron chi connectivity index (χ0n) is 20.0. The topological polar surface area (TPSA) is 55.8 Å². The van der Waals surface area contributed by atoms with Crippen molar-refractivity contribution in [2.24, 2.45) is 5.92 Å². The fraction of sp³-hybridized carbons (Fsp3) is 0.286. The van der Waals surface area contributed by atoms with Crippen LogP contribution in [0.3, 0.4) is 0 Å². The molecule has 0 spiro atoms. The average molecular weight is 508 g/mol. The molecule has 1 heterocycles. The maximum atomic E-state index is 13.4. The number of hydrogen-bond acceptors (Lipinski definition) is 6. The minimum Gasteiger partial charge on any atom is -0.497 e. The van der Waals surface area contributed by atoms with Crippen LogP contribution >= 0.6 is 23.5 Å². The van der Waals surface area contributed by atoms with Crippen LogP contribution in [0.25, 0.3) is 0 Å². The van der Waals surface area contributed by atoms with Gasteiger partial charge in [0.2, 0.25) is 5.91 Å². The molecule has 3 aromatic carbocycles. The number of carbonyl (C=O) groups is 2. The van der Waals surface area contributed by atoms with E-state index in [1.165, 1.54) is 6.92 Å². The van der Waals surface area contributed by atoms with E-state index >= 15 is 0 Å². The lowest BCUT2D eigenvalue weighted by Crippen LogP contribution is -2.67. The minimum absolute atomic E-state index is 0.00115. The van der Waals surface area contributed by atoms with Crippen molar-refractivity contribution in [2.75, 3.05) is 7.11 Å². The summed E-state index contributed by atoms with van der Waals surface area (Å²) in [5.74, 6) is 0.000768. The van der Waals surface area contributed by atoms with Crippen LogP contribution in [0.1, 0.15) is 19.4 Å².